The third-order valence-electron chi connectivity index (χ3n) is 3.45. The van der Waals surface area contributed by atoms with Crippen molar-refractivity contribution in [3.63, 3.8) is 0 Å². The van der Waals surface area contributed by atoms with Crippen molar-refractivity contribution in [3.05, 3.63) is 18.0 Å². The molecular formula is C13H23N3O. The largest absolute Gasteiger partial charge is 0.381 e. The zero-order valence-electron chi connectivity index (χ0n) is 10.9. The molecule has 0 amide bonds. The van der Waals surface area contributed by atoms with E-state index in [2.05, 4.69) is 23.4 Å². The number of nitrogens with one attached hydrogen (secondary N) is 1. The zero-order valence-corrected chi connectivity index (χ0v) is 10.9. The molecule has 1 aromatic rings. The first-order chi connectivity index (χ1) is 8.29. The normalized spacial score (nSPS) is 19.4. The first-order valence-corrected chi connectivity index (χ1v) is 6.60. The molecular weight excluding hydrogens is 214 g/mol. The minimum absolute atomic E-state index is 0.393. The van der Waals surface area contributed by atoms with Crippen LogP contribution in [-0.2, 0) is 11.8 Å². The molecule has 1 aliphatic heterocycles. The monoisotopic (exact) mass is 237 g/mol. The highest BCUT2D eigenvalue weighted by Gasteiger charge is 2.21. The summed E-state index contributed by atoms with van der Waals surface area (Å²) in [5, 5.41) is 8.06. The summed E-state index contributed by atoms with van der Waals surface area (Å²) in [6.45, 7) is 4.99. The van der Waals surface area contributed by atoms with E-state index in [1.807, 2.05) is 17.9 Å². The van der Waals surface area contributed by atoms with Crippen molar-refractivity contribution in [2.75, 3.05) is 19.8 Å². The highest BCUT2D eigenvalue weighted by Crippen LogP contribution is 2.26. The van der Waals surface area contributed by atoms with Gasteiger partial charge in [0.25, 0.3) is 0 Å². The van der Waals surface area contributed by atoms with Crippen molar-refractivity contribution in [1.82, 2.24) is 15.1 Å². The third-order valence-corrected chi connectivity index (χ3v) is 3.45. The Morgan fingerprint density at radius 1 is 1.53 bits per heavy atom. The molecule has 0 radical (unpaired) electrons. The van der Waals surface area contributed by atoms with Gasteiger partial charge in [-0.25, -0.2) is 0 Å². The van der Waals surface area contributed by atoms with Crippen molar-refractivity contribution in [2.24, 2.45) is 13.0 Å². The quantitative estimate of drug-likeness (QED) is 0.850. The summed E-state index contributed by atoms with van der Waals surface area (Å²) in [6.07, 6.45) is 5.57. The lowest BCUT2D eigenvalue weighted by atomic mass is 9.91. The Hall–Kier alpha value is -0.870. The Morgan fingerprint density at radius 2 is 2.29 bits per heavy atom. The van der Waals surface area contributed by atoms with Gasteiger partial charge in [0.15, 0.2) is 0 Å². The predicted molar refractivity (Wildman–Crippen MR) is 67.8 cm³/mol. The molecule has 17 heavy (non-hydrogen) atoms. The number of ether oxygens (including phenoxy) is 1. The number of aryl methyl sites for hydroxylation is 1. The maximum absolute atomic E-state index is 5.41. The molecule has 1 atom stereocenters. The van der Waals surface area contributed by atoms with Crippen LogP contribution < -0.4 is 5.32 Å². The SMILES string of the molecule is CCNC(CC1CCOCC1)c1ccn(C)n1. The summed E-state index contributed by atoms with van der Waals surface area (Å²) in [5.74, 6) is 0.773. The number of hydrogen-bond donors (Lipinski definition) is 1. The maximum atomic E-state index is 5.41. The second-order valence-corrected chi connectivity index (χ2v) is 4.82. The van der Waals surface area contributed by atoms with Gasteiger partial charge in [-0.15, -0.1) is 0 Å². The van der Waals surface area contributed by atoms with E-state index in [4.69, 9.17) is 4.74 Å². The molecule has 1 saturated heterocycles. The molecule has 0 aromatic carbocycles. The fourth-order valence-electron chi connectivity index (χ4n) is 2.49. The zero-order chi connectivity index (χ0) is 12.1. The molecule has 0 saturated carbocycles. The van der Waals surface area contributed by atoms with E-state index in [0.717, 1.165) is 25.7 Å². The van der Waals surface area contributed by atoms with Crippen LogP contribution >= 0.6 is 0 Å². The van der Waals surface area contributed by atoms with Gasteiger partial charge < -0.3 is 10.1 Å². The Bertz CT molecular complexity index is 331. The molecule has 0 bridgehead atoms. The van der Waals surface area contributed by atoms with Gasteiger partial charge in [0.1, 0.15) is 0 Å². The van der Waals surface area contributed by atoms with Crippen LogP contribution in [0.2, 0.25) is 0 Å². The number of hydrogen-bond acceptors (Lipinski definition) is 3. The van der Waals surface area contributed by atoms with Crippen molar-refractivity contribution in [2.45, 2.75) is 32.2 Å². The first-order valence-electron chi connectivity index (χ1n) is 6.60. The molecule has 2 rings (SSSR count). The molecule has 4 heteroatoms. The van der Waals surface area contributed by atoms with E-state index in [-0.39, 0.29) is 0 Å². The Morgan fingerprint density at radius 3 is 2.88 bits per heavy atom. The average Bonchev–Trinajstić information content (AvgIpc) is 2.77. The van der Waals surface area contributed by atoms with Gasteiger partial charge in [-0.1, -0.05) is 6.92 Å². The summed E-state index contributed by atoms with van der Waals surface area (Å²) in [5.41, 5.74) is 1.17. The lowest BCUT2D eigenvalue weighted by Gasteiger charge is -2.26. The van der Waals surface area contributed by atoms with Crippen LogP contribution in [0.4, 0.5) is 0 Å². The van der Waals surface area contributed by atoms with E-state index >= 15 is 0 Å². The summed E-state index contributed by atoms with van der Waals surface area (Å²) >= 11 is 0. The molecule has 4 nitrogen and oxygen atoms in total. The lowest BCUT2D eigenvalue weighted by molar-refractivity contribution is 0.0604. The summed E-state index contributed by atoms with van der Waals surface area (Å²) in [7, 11) is 1.97. The fourth-order valence-corrected chi connectivity index (χ4v) is 2.49. The van der Waals surface area contributed by atoms with E-state index < -0.39 is 0 Å². The van der Waals surface area contributed by atoms with E-state index in [1.54, 1.807) is 0 Å². The van der Waals surface area contributed by atoms with Crippen LogP contribution in [0.25, 0.3) is 0 Å². The Labute approximate surface area is 103 Å². The summed E-state index contributed by atoms with van der Waals surface area (Å²) in [6, 6.07) is 2.51. The minimum atomic E-state index is 0.393. The second kappa shape index (κ2) is 6.17. The van der Waals surface area contributed by atoms with Gasteiger partial charge >= 0.3 is 0 Å². The van der Waals surface area contributed by atoms with Gasteiger partial charge in [0.2, 0.25) is 0 Å². The summed E-state index contributed by atoms with van der Waals surface area (Å²) in [4.78, 5) is 0. The van der Waals surface area contributed by atoms with Gasteiger partial charge in [-0.05, 0) is 37.8 Å². The highest BCUT2D eigenvalue weighted by molar-refractivity contribution is 5.05. The standard InChI is InChI=1S/C13H23N3O/c1-3-14-13(12-4-7-16(2)15-12)10-11-5-8-17-9-6-11/h4,7,11,13-14H,3,5-6,8-10H2,1-2H3. The molecule has 0 aliphatic carbocycles. The Balaban J connectivity index is 1.96. The first kappa shape index (κ1) is 12.6. The average molecular weight is 237 g/mol. The molecule has 1 fully saturated rings. The van der Waals surface area contributed by atoms with Gasteiger partial charge in [-0.2, -0.15) is 5.10 Å². The van der Waals surface area contributed by atoms with Crippen LogP contribution in [0, 0.1) is 5.92 Å². The van der Waals surface area contributed by atoms with Crippen LogP contribution in [0.3, 0.4) is 0 Å². The van der Waals surface area contributed by atoms with Gasteiger partial charge in [0.05, 0.1) is 11.7 Å². The Kier molecular flexibility index (Phi) is 4.57. The number of nitrogens with zero attached hydrogens (tertiary/aromatic N) is 2. The third kappa shape index (κ3) is 3.54. The summed E-state index contributed by atoms with van der Waals surface area (Å²) < 4.78 is 7.29. The molecule has 1 unspecified atom stereocenters. The fraction of sp³-hybridized carbons (Fsp3) is 0.769. The van der Waals surface area contributed by atoms with Crippen LogP contribution in [0.5, 0.6) is 0 Å². The molecule has 0 spiro atoms. The van der Waals surface area contributed by atoms with Crippen molar-refractivity contribution in [3.8, 4) is 0 Å². The highest BCUT2D eigenvalue weighted by atomic mass is 16.5. The smallest absolute Gasteiger partial charge is 0.0793 e. The van der Waals surface area contributed by atoms with Gasteiger partial charge in [0, 0.05) is 26.5 Å². The van der Waals surface area contributed by atoms with Crippen molar-refractivity contribution < 1.29 is 4.74 Å². The van der Waals surface area contributed by atoms with E-state index in [9.17, 15) is 0 Å². The predicted octanol–water partition coefficient (Wildman–Crippen LogP) is 1.89. The molecule has 96 valence electrons. The lowest BCUT2D eigenvalue weighted by Crippen LogP contribution is -2.26. The van der Waals surface area contributed by atoms with Crippen LogP contribution in [-0.4, -0.2) is 29.5 Å². The maximum Gasteiger partial charge on any atom is 0.0793 e. The van der Waals surface area contributed by atoms with E-state index in [1.165, 1.54) is 25.0 Å². The molecule has 2 heterocycles. The van der Waals surface area contributed by atoms with Crippen LogP contribution in [0.1, 0.15) is 37.9 Å². The number of aromatic nitrogens is 2. The van der Waals surface area contributed by atoms with Crippen LogP contribution in [0.15, 0.2) is 12.3 Å². The number of rotatable bonds is 5. The topological polar surface area (TPSA) is 39.1 Å². The minimum Gasteiger partial charge on any atom is -0.381 e. The molecule has 1 N–H and O–H groups in total. The second-order valence-electron chi connectivity index (χ2n) is 4.82. The van der Waals surface area contributed by atoms with Crippen molar-refractivity contribution in [1.29, 1.82) is 0 Å². The molecule has 1 aliphatic rings. The van der Waals surface area contributed by atoms with E-state index in [0.29, 0.717) is 6.04 Å². The van der Waals surface area contributed by atoms with Gasteiger partial charge in [-0.3, -0.25) is 4.68 Å². The van der Waals surface area contributed by atoms with Crippen molar-refractivity contribution >= 4 is 0 Å². The molecule has 1 aromatic heterocycles.